The Morgan fingerprint density at radius 3 is 1.76 bits per heavy atom. The maximum absolute atomic E-state index is 15.5. The number of methoxy groups -OCH3 is 2. The standard InChI is InChI=1S/C60H64N6O12/c1-5-7-37-31-63(34-50(67)43-17-20-61-48-13-11-41(71-3)29-45(43)48)22-19-59(37)56(66(58(70)78-59)40-10-16-53-55(28-40)76-26-24-74-53)47-33-64(35-51(68)44-18-21-62-49-14-12-42(72-4)30-46(44)49)32-38(8-6-2)60(47)36-65(57(69)77-60)39-9-15-52-54(27-39)75-25-23-73-52/h5-6,9-18,20-21,27-30,37-38,47,50-51,56,67-68H,1-2,7-8,19,22-26,31-36H2,3-4H3/t37-,38?,47?,50-,51+,56?,59+,60?/m0/s1. The number of allylic oxidation sites excluding steroid dienone is 2. The fourth-order valence-electron chi connectivity index (χ4n) is 13.3. The minimum Gasteiger partial charge on any atom is -0.497 e. The van der Waals surface area contributed by atoms with Crippen LogP contribution in [-0.4, -0.2) is 146 Å². The van der Waals surface area contributed by atoms with Gasteiger partial charge < -0.3 is 48.1 Å². The highest BCUT2D eigenvalue weighted by Gasteiger charge is 2.70. The maximum atomic E-state index is 15.5. The van der Waals surface area contributed by atoms with E-state index in [-0.39, 0.29) is 32.1 Å². The summed E-state index contributed by atoms with van der Waals surface area (Å²) < 4.78 is 49.4. The summed E-state index contributed by atoms with van der Waals surface area (Å²) in [6, 6.07) is 25.1. The first kappa shape index (κ1) is 51.1. The highest BCUT2D eigenvalue weighted by Crippen LogP contribution is 2.56. The summed E-state index contributed by atoms with van der Waals surface area (Å²) in [7, 11) is 3.22. The Morgan fingerprint density at radius 2 is 1.17 bits per heavy atom. The zero-order valence-electron chi connectivity index (χ0n) is 43.8. The number of likely N-dealkylation sites (tertiary alicyclic amines) is 2. The Kier molecular flexibility index (Phi) is 13.7. The third-order valence-corrected chi connectivity index (χ3v) is 16.9. The van der Waals surface area contributed by atoms with Crippen LogP contribution in [0.15, 0.2) is 123 Å². The van der Waals surface area contributed by atoms with Crippen LogP contribution in [0.5, 0.6) is 34.5 Å². The molecule has 12 rings (SSSR count). The summed E-state index contributed by atoms with van der Waals surface area (Å²) in [4.78, 5) is 47.4. The first-order chi connectivity index (χ1) is 38.0. The quantitative estimate of drug-likeness (QED) is 0.0935. The van der Waals surface area contributed by atoms with Crippen molar-refractivity contribution in [2.24, 2.45) is 17.8 Å². The molecule has 4 aromatic carbocycles. The number of amides is 2. The van der Waals surface area contributed by atoms with Gasteiger partial charge in [-0.25, -0.2) is 9.59 Å². The van der Waals surface area contributed by atoms with Gasteiger partial charge in [0.15, 0.2) is 23.0 Å². The zero-order valence-corrected chi connectivity index (χ0v) is 43.8. The van der Waals surface area contributed by atoms with Gasteiger partial charge in [-0.2, -0.15) is 0 Å². The van der Waals surface area contributed by atoms with E-state index in [0.29, 0.717) is 122 Å². The van der Waals surface area contributed by atoms with Crippen LogP contribution in [0.1, 0.15) is 42.6 Å². The fourth-order valence-corrected chi connectivity index (χ4v) is 13.3. The molecule has 4 saturated heterocycles. The van der Waals surface area contributed by atoms with E-state index in [2.05, 4.69) is 32.9 Å². The van der Waals surface area contributed by atoms with Crippen molar-refractivity contribution in [1.29, 1.82) is 0 Å². The topological polar surface area (TPSA) is 187 Å². The van der Waals surface area contributed by atoms with Crippen molar-refractivity contribution in [3.05, 3.63) is 134 Å². The molecule has 4 unspecified atom stereocenters. The van der Waals surface area contributed by atoms with Crippen molar-refractivity contribution in [2.45, 2.75) is 48.7 Å². The summed E-state index contributed by atoms with van der Waals surface area (Å²) >= 11 is 0. The van der Waals surface area contributed by atoms with Gasteiger partial charge >= 0.3 is 12.2 Å². The highest BCUT2D eigenvalue weighted by molar-refractivity contribution is 5.94. The number of ether oxygens (including phenoxy) is 8. The lowest BCUT2D eigenvalue weighted by Crippen LogP contribution is -2.70. The van der Waals surface area contributed by atoms with E-state index >= 15 is 4.79 Å². The van der Waals surface area contributed by atoms with Crippen molar-refractivity contribution in [1.82, 2.24) is 19.8 Å². The van der Waals surface area contributed by atoms with E-state index in [1.165, 1.54) is 0 Å². The largest absolute Gasteiger partial charge is 0.497 e. The van der Waals surface area contributed by atoms with Crippen LogP contribution < -0.4 is 38.2 Å². The lowest BCUT2D eigenvalue weighted by Gasteiger charge is -2.56. The number of piperidine rings is 2. The molecule has 406 valence electrons. The van der Waals surface area contributed by atoms with Crippen LogP contribution in [0.25, 0.3) is 21.8 Å². The number of fused-ring (bicyclic) bond motifs is 4. The second-order valence-electron chi connectivity index (χ2n) is 21.1. The first-order valence-electron chi connectivity index (χ1n) is 26.7. The molecule has 6 aliphatic heterocycles. The summed E-state index contributed by atoms with van der Waals surface area (Å²) in [6.45, 7) is 12.1. The van der Waals surface area contributed by atoms with Crippen LogP contribution >= 0.6 is 0 Å². The second kappa shape index (κ2) is 21.0. The molecule has 0 radical (unpaired) electrons. The molecular formula is C60H64N6O12. The Balaban J connectivity index is 0.978. The highest BCUT2D eigenvalue weighted by atomic mass is 16.6. The average Bonchev–Trinajstić information content (AvgIpc) is 4.18. The summed E-state index contributed by atoms with van der Waals surface area (Å²) in [6.07, 6.45) is 5.34. The van der Waals surface area contributed by atoms with Crippen LogP contribution in [0.4, 0.5) is 21.0 Å². The third kappa shape index (κ3) is 9.03. The summed E-state index contributed by atoms with van der Waals surface area (Å²) in [5, 5.41) is 26.2. The lowest BCUT2D eigenvalue weighted by atomic mass is 9.61. The molecule has 6 aromatic rings. The maximum Gasteiger partial charge on any atom is 0.415 e. The number of hydrogen-bond donors (Lipinski definition) is 2. The Morgan fingerprint density at radius 1 is 0.641 bits per heavy atom. The average molecular weight is 1060 g/mol. The van der Waals surface area contributed by atoms with Gasteiger partial charge in [-0.1, -0.05) is 12.2 Å². The molecule has 18 heteroatoms. The van der Waals surface area contributed by atoms with E-state index in [9.17, 15) is 15.0 Å². The van der Waals surface area contributed by atoms with Crippen molar-refractivity contribution < 1.29 is 57.7 Å². The van der Waals surface area contributed by atoms with Gasteiger partial charge in [0, 0.05) is 98.7 Å². The molecule has 2 amide bonds. The molecular weight excluding hydrogens is 997 g/mol. The van der Waals surface area contributed by atoms with Gasteiger partial charge in [0.2, 0.25) is 0 Å². The Labute approximate surface area is 452 Å². The van der Waals surface area contributed by atoms with E-state index in [0.717, 1.165) is 21.9 Å². The SMILES string of the molecule is C=CCC1CN(C[C@@H](O)c2ccnc3ccc(OC)cc23)CC(C2N(c3ccc4c(c3)OCCO4)C(=O)O[C@@]23CCN(C[C@H](O)c2ccnc4ccc(OC)cc24)C[C@@H]3CC=C)C12CN(c1ccc3c(c1)OCCO3)C(=O)O2. The van der Waals surface area contributed by atoms with Gasteiger partial charge in [-0.3, -0.25) is 29.6 Å². The van der Waals surface area contributed by atoms with E-state index in [1.54, 1.807) is 36.4 Å². The number of aromatic nitrogens is 2. The van der Waals surface area contributed by atoms with Crippen molar-refractivity contribution >= 4 is 45.4 Å². The molecule has 6 aliphatic rings. The molecule has 2 aromatic heterocycles. The number of nitrogens with zero attached hydrogens (tertiary/aromatic N) is 6. The summed E-state index contributed by atoms with van der Waals surface area (Å²) in [5.74, 6) is 2.00. The molecule has 8 atom stereocenters. The molecule has 2 spiro atoms. The van der Waals surface area contributed by atoms with Crippen molar-refractivity contribution in [3.63, 3.8) is 0 Å². The van der Waals surface area contributed by atoms with Crippen molar-refractivity contribution in [2.75, 3.05) is 96.3 Å². The van der Waals surface area contributed by atoms with Crippen LogP contribution in [0.2, 0.25) is 0 Å². The molecule has 78 heavy (non-hydrogen) atoms. The first-order valence-corrected chi connectivity index (χ1v) is 26.7. The number of aliphatic hydroxyl groups excluding tert-OH is 2. The van der Waals surface area contributed by atoms with Crippen LogP contribution in [-0.2, 0) is 9.47 Å². The number of aliphatic hydroxyl groups is 2. The number of anilines is 2. The minimum absolute atomic E-state index is 0.116. The van der Waals surface area contributed by atoms with Crippen LogP contribution in [0, 0.1) is 17.8 Å². The monoisotopic (exact) mass is 1060 g/mol. The molecule has 4 fully saturated rings. The molecule has 2 N–H and O–H groups in total. The number of benzene rings is 4. The number of β-amino-alcohol motifs (C(OH)–C–C–N with tert-alkyl or cyclic N) is 2. The predicted octanol–water partition coefficient (Wildman–Crippen LogP) is 8.29. The van der Waals surface area contributed by atoms with E-state index < -0.39 is 53.5 Å². The number of pyridine rings is 2. The van der Waals surface area contributed by atoms with Gasteiger partial charge in [0.1, 0.15) is 49.1 Å². The lowest BCUT2D eigenvalue weighted by molar-refractivity contribution is -0.141. The van der Waals surface area contributed by atoms with Gasteiger partial charge in [0.25, 0.3) is 0 Å². The van der Waals surface area contributed by atoms with Crippen LogP contribution in [0.3, 0.4) is 0 Å². The van der Waals surface area contributed by atoms with Crippen molar-refractivity contribution in [3.8, 4) is 34.5 Å². The number of rotatable bonds is 15. The number of carbonyl (C=O) groups excluding carboxylic acids is 2. The smallest absolute Gasteiger partial charge is 0.415 e. The molecule has 8 heterocycles. The number of carbonyl (C=O) groups is 2. The summed E-state index contributed by atoms with van der Waals surface area (Å²) in [5.41, 5.74) is 1.46. The molecule has 0 bridgehead atoms. The minimum atomic E-state index is -1.27. The van der Waals surface area contributed by atoms with Gasteiger partial charge in [-0.05, 0) is 96.8 Å². The third-order valence-electron chi connectivity index (χ3n) is 16.9. The second-order valence-corrected chi connectivity index (χ2v) is 21.1. The fraction of sp³-hybridized carbons (Fsp3) is 0.400. The Hall–Kier alpha value is -7.64. The van der Waals surface area contributed by atoms with E-state index in [4.69, 9.17) is 37.9 Å². The van der Waals surface area contributed by atoms with Gasteiger partial charge in [-0.15, -0.1) is 13.2 Å². The molecule has 18 nitrogen and oxygen atoms in total. The Bertz CT molecular complexity index is 3290. The molecule has 0 saturated carbocycles. The van der Waals surface area contributed by atoms with E-state index in [1.807, 2.05) is 97.1 Å². The number of hydrogen-bond acceptors (Lipinski definition) is 16. The normalized spacial score (nSPS) is 25.7. The van der Waals surface area contributed by atoms with Gasteiger partial charge in [0.05, 0.1) is 61.4 Å². The molecule has 0 aliphatic carbocycles. The zero-order chi connectivity index (χ0) is 53.7. The predicted molar refractivity (Wildman–Crippen MR) is 291 cm³/mol.